The van der Waals surface area contributed by atoms with Crippen LogP contribution in [0.4, 0.5) is 5.13 Å². The van der Waals surface area contributed by atoms with Gasteiger partial charge in [-0.15, -0.1) is 20.4 Å². The van der Waals surface area contributed by atoms with Crippen molar-refractivity contribution in [3.63, 3.8) is 0 Å². The summed E-state index contributed by atoms with van der Waals surface area (Å²) in [6, 6.07) is 9.74. The first kappa shape index (κ1) is 15.6. The second kappa shape index (κ2) is 6.88. The lowest BCUT2D eigenvalue weighted by Crippen LogP contribution is -2.22. The number of hydrogen-bond acceptors (Lipinski definition) is 7. The molecule has 0 spiro atoms. The Morgan fingerprint density at radius 1 is 1.26 bits per heavy atom. The maximum atomic E-state index is 12.2. The average molecular weight is 346 g/mol. The monoisotopic (exact) mass is 346 g/mol. The van der Waals surface area contributed by atoms with Crippen LogP contribution in [0.25, 0.3) is 10.6 Å². The minimum absolute atomic E-state index is 0.145. The molecule has 0 saturated heterocycles. The first-order valence-corrected chi connectivity index (χ1v) is 8.53. The van der Waals surface area contributed by atoms with Gasteiger partial charge in [0.15, 0.2) is 5.16 Å². The number of anilines is 1. The van der Waals surface area contributed by atoms with Gasteiger partial charge in [0.25, 0.3) is 0 Å². The van der Waals surface area contributed by atoms with E-state index in [9.17, 15) is 4.79 Å². The van der Waals surface area contributed by atoms with Crippen LogP contribution >= 0.6 is 23.1 Å². The summed E-state index contributed by atoms with van der Waals surface area (Å²) in [5, 5.41) is 20.3. The van der Waals surface area contributed by atoms with Crippen molar-refractivity contribution in [3.8, 4) is 10.6 Å². The van der Waals surface area contributed by atoms with Crippen LogP contribution in [0.2, 0.25) is 0 Å². The fourth-order valence-electron chi connectivity index (χ4n) is 1.77. The van der Waals surface area contributed by atoms with E-state index in [0.717, 1.165) is 10.6 Å². The maximum absolute atomic E-state index is 12.2. The number of carbonyl (C=O) groups excluding carboxylic acids is 1. The van der Waals surface area contributed by atoms with Crippen LogP contribution in [0.15, 0.2) is 41.8 Å². The third-order valence-corrected chi connectivity index (χ3v) is 5.03. The number of nitrogens with one attached hydrogen (secondary N) is 1. The van der Waals surface area contributed by atoms with Crippen molar-refractivity contribution in [2.75, 3.05) is 5.32 Å². The molecule has 0 unspecified atom stereocenters. The minimum Gasteiger partial charge on any atom is -0.312 e. The molecule has 23 heavy (non-hydrogen) atoms. The molecule has 0 saturated carbocycles. The van der Waals surface area contributed by atoms with Crippen LogP contribution in [0, 0.1) is 0 Å². The molecule has 0 fully saturated rings. The minimum atomic E-state index is -0.318. The first-order valence-electron chi connectivity index (χ1n) is 6.84. The van der Waals surface area contributed by atoms with E-state index in [1.54, 1.807) is 10.9 Å². The predicted molar refractivity (Wildman–Crippen MR) is 90.3 cm³/mol. The first-order chi connectivity index (χ1) is 11.1. The molecule has 0 aliphatic rings. The van der Waals surface area contributed by atoms with Crippen molar-refractivity contribution in [1.29, 1.82) is 0 Å². The quantitative estimate of drug-likeness (QED) is 0.714. The van der Waals surface area contributed by atoms with Gasteiger partial charge >= 0.3 is 0 Å². The lowest BCUT2D eigenvalue weighted by atomic mass is 10.2. The Balaban J connectivity index is 1.64. The standard InChI is InChI=1S/C14H14N6OS2/c1-9(22-14-19-15-8-20(14)2)11(21)16-13-18-17-12(23-13)10-6-4-3-5-7-10/h3-9H,1-2H3,(H,16,18,21)/t9-/m0/s1. The van der Waals surface area contributed by atoms with Crippen molar-refractivity contribution in [2.24, 2.45) is 7.05 Å². The van der Waals surface area contributed by atoms with Crippen LogP contribution in [0.5, 0.6) is 0 Å². The third-order valence-electron chi connectivity index (χ3n) is 3.00. The van der Waals surface area contributed by atoms with E-state index in [4.69, 9.17) is 0 Å². The number of rotatable bonds is 5. The highest BCUT2D eigenvalue weighted by atomic mass is 32.2. The molecule has 2 heterocycles. The number of thioether (sulfide) groups is 1. The zero-order valence-electron chi connectivity index (χ0n) is 12.5. The second-order valence-corrected chi connectivity index (χ2v) is 7.04. The van der Waals surface area contributed by atoms with Gasteiger partial charge in [0.2, 0.25) is 11.0 Å². The summed E-state index contributed by atoms with van der Waals surface area (Å²) in [5.41, 5.74) is 0.979. The molecule has 0 radical (unpaired) electrons. The number of carbonyl (C=O) groups is 1. The summed E-state index contributed by atoms with van der Waals surface area (Å²) in [5.74, 6) is -0.145. The largest absolute Gasteiger partial charge is 0.312 e. The predicted octanol–water partition coefficient (Wildman–Crippen LogP) is 2.45. The van der Waals surface area contributed by atoms with Gasteiger partial charge in [-0.3, -0.25) is 10.1 Å². The summed E-state index contributed by atoms with van der Waals surface area (Å²) < 4.78 is 1.77. The summed E-state index contributed by atoms with van der Waals surface area (Å²) >= 11 is 2.69. The van der Waals surface area contributed by atoms with Gasteiger partial charge in [-0.05, 0) is 6.92 Å². The molecular weight excluding hydrogens is 332 g/mol. The number of aryl methyl sites for hydroxylation is 1. The van der Waals surface area contributed by atoms with Crippen molar-refractivity contribution >= 4 is 34.1 Å². The van der Waals surface area contributed by atoms with Crippen molar-refractivity contribution in [1.82, 2.24) is 25.0 Å². The highest BCUT2D eigenvalue weighted by Crippen LogP contribution is 2.27. The van der Waals surface area contributed by atoms with Crippen LogP contribution in [-0.2, 0) is 11.8 Å². The molecule has 9 heteroatoms. The van der Waals surface area contributed by atoms with Crippen molar-refractivity contribution < 1.29 is 4.79 Å². The van der Waals surface area contributed by atoms with Crippen molar-refractivity contribution in [3.05, 3.63) is 36.7 Å². The van der Waals surface area contributed by atoms with Crippen LogP contribution in [0.1, 0.15) is 6.92 Å². The third kappa shape index (κ3) is 3.74. The number of amides is 1. The second-order valence-electron chi connectivity index (χ2n) is 4.75. The fraction of sp³-hybridized carbons (Fsp3) is 0.214. The summed E-state index contributed by atoms with van der Waals surface area (Å²) in [7, 11) is 1.84. The number of benzene rings is 1. The molecule has 3 rings (SSSR count). The van der Waals surface area contributed by atoms with E-state index in [2.05, 4.69) is 25.7 Å². The molecule has 7 nitrogen and oxygen atoms in total. The Hall–Kier alpha value is -2.26. The molecule has 0 bridgehead atoms. The molecule has 3 aromatic rings. The zero-order chi connectivity index (χ0) is 16.2. The summed E-state index contributed by atoms with van der Waals surface area (Å²) in [6.07, 6.45) is 1.60. The smallest absolute Gasteiger partial charge is 0.239 e. The van der Waals surface area contributed by atoms with Gasteiger partial charge in [-0.2, -0.15) is 0 Å². The van der Waals surface area contributed by atoms with Gasteiger partial charge in [-0.1, -0.05) is 53.4 Å². The molecule has 118 valence electrons. The van der Waals surface area contributed by atoms with Crippen LogP contribution < -0.4 is 5.32 Å². The Bertz CT molecular complexity index is 800. The van der Waals surface area contributed by atoms with Gasteiger partial charge in [0, 0.05) is 12.6 Å². The summed E-state index contributed by atoms with van der Waals surface area (Å²) in [6.45, 7) is 1.81. The highest BCUT2D eigenvalue weighted by molar-refractivity contribution is 8.00. The Kier molecular flexibility index (Phi) is 4.68. The maximum Gasteiger partial charge on any atom is 0.239 e. The Morgan fingerprint density at radius 2 is 2.04 bits per heavy atom. The molecule has 1 aromatic carbocycles. The molecule has 0 aliphatic heterocycles. The van der Waals surface area contributed by atoms with Gasteiger partial charge in [0.1, 0.15) is 11.3 Å². The molecule has 1 amide bonds. The molecule has 2 aromatic heterocycles. The lowest BCUT2D eigenvalue weighted by molar-refractivity contribution is -0.115. The molecule has 0 aliphatic carbocycles. The number of aromatic nitrogens is 5. The van der Waals surface area contributed by atoms with Crippen LogP contribution in [-0.4, -0.2) is 36.1 Å². The molecule has 1 atom stereocenters. The highest BCUT2D eigenvalue weighted by Gasteiger charge is 2.19. The average Bonchev–Trinajstić information content (AvgIpc) is 3.18. The van der Waals surface area contributed by atoms with Crippen molar-refractivity contribution in [2.45, 2.75) is 17.3 Å². The van der Waals surface area contributed by atoms with Gasteiger partial charge in [-0.25, -0.2) is 0 Å². The Morgan fingerprint density at radius 3 is 2.74 bits per heavy atom. The zero-order valence-corrected chi connectivity index (χ0v) is 14.1. The van der Waals surface area contributed by atoms with Crippen LogP contribution in [0.3, 0.4) is 0 Å². The molecular formula is C14H14N6OS2. The Labute approximate surface area is 141 Å². The molecule has 1 N–H and O–H groups in total. The van der Waals surface area contributed by atoms with E-state index in [1.165, 1.54) is 23.1 Å². The van der Waals surface area contributed by atoms with E-state index in [0.29, 0.717) is 10.3 Å². The fourth-order valence-corrected chi connectivity index (χ4v) is 3.31. The van der Waals surface area contributed by atoms with E-state index in [-0.39, 0.29) is 11.2 Å². The summed E-state index contributed by atoms with van der Waals surface area (Å²) in [4.78, 5) is 12.2. The van der Waals surface area contributed by atoms with Gasteiger partial charge < -0.3 is 4.57 Å². The van der Waals surface area contributed by atoms with E-state index >= 15 is 0 Å². The lowest BCUT2D eigenvalue weighted by Gasteiger charge is -2.08. The normalized spacial score (nSPS) is 12.1. The number of hydrogen-bond donors (Lipinski definition) is 1. The SMILES string of the molecule is C[C@H](Sc1nncn1C)C(=O)Nc1nnc(-c2ccccc2)s1. The topological polar surface area (TPSA) is 85.6 Å². The van der Waals surface area contributed by atoms with E-state index in [1.807, 2.05) is 44.3 Å². The van der Waals surface area contributed by atoms with E-state index < -0.39 is 0 Å². The number of nitrogens with zero attached hydrogens (tertiary/aromatic N) is 5. The van der Waals surface area contributed by atoms with Gasteiger partial charge in [0.05, 0.1) is 5.25 Å².